The molecule has 0 spiro atoms. The maximum absolute atomic E-state index is 12.9. The van der Waals surface area contributed by atoms with Crippen LogP contribution < -0.4 is 10.2 Å². The predicted octanol–water partition coefficient (Wildman–Crippen LogP) is 2.36. The number of benzene rings is 2. The molecule has 0 aliphatic carbocycles. The average Bonchev–Trinajstić information content (AvgIpc) is 3.08. The van der Waals surface area contributed by atoms with E-state index in [1.165, 1.54) is 36.6 Å². The van der Waals surface area contributed by atoms with Crippen molar-refractivity contribution in [2.45, 2.75) is 45.6 Å². The van der Waals surface area contributed by atoms with Crippen molar-refractivity contribution < 1.29 is 52.7 Å². The Balaban J connectivity index is 1.60. The van der Waals surface area contributed by atoms with E-state index in [-0.39, 0.29) is 28.0 Å². The third kappa shape index (κ3) is 5.48. The van der Waals surface area contributed by atoms with Crippen molar-refractivity contribution in [2.75, 3.05) is 0 Å². The minimum atomic E-state index is -1.38. The van der Waals surface area contributed by atoms with E-state index in [0.29, 0.717) is 5.56 Å². The van der Waals surface area contributed by atoms with Crippen LogP contribution in [0.25, 0.3) is 22.1 Å². The van der Waals surface area contributed by atoms with Gasteiger partial charge in [0, 0.05) is 32.9 Å². The Kier molecular flexibility index (Phi) is 7.02. The largest absolute Gasteiger partial charge is 0.508 e. The molecule has 1 aromatic heterocycles. The molecule has 12 heteroatoms. The van der Waals surface area contributed by atoms with Gasteiger partial charge in [0.25, 0.3) is 0 Å². The fraction of sp³-hybridized carbons (Fsp3) is 0.280. The van der Waals surface area contributed by atoms with Crippen LogP contribution in [0.15, 0.2) is 51.9 Å². The van der Waals surface area contributed by atoms with Crippen molar-refractivity contribution in [3.8, 4) is 28.4 Å². The van der Waals surface area contributed by atoms with Crippen LogP contribution in [-0.4, -0.2) is 52.9 Å². The van der Waals surface area contributed by atoms with Gasteiger partial charge in [-0.15, -0.1) is 0 Å². The first-order valence-electron chi connectivity index (χ1n) is 10.9. The zero-order valence-corrected chi connectivity index (χ0v) is 19.8. The van der Waals surface area contributed by atoms with E-state index in [4.69, 9.17) is 28.1 Å². The minimum absolute atomic E-state index is 0.0192. The molecule has 1 aliphatic rings. The molecule has 2 aromatic carbocycles. The number of hydrogen-bond donors (Lipinski definition) is 2. The average molecular weight is 514 g/mol. The van der Waals surface area contributed by atoms with E-state index in [0.717, 1.165) is 26.8 Å². The Bertz CT molecular complexity index is 1410. The second-order valence-corrected chi connectivity index (χ2v) is 8.09. The number of phenols is 2. The van der Waals surface area contributed by atoms with Crippen LogP contribution in [-0.2, 0) is 33.3 Å². The fourth-order valence-corrected chi connectivity index (χ4v) is 3.84. The summed E-state index contributed by atoms with van der Waals surface area (Å²) in [6, 6.07) is 8.30. The van der Waals surface area contributed by atoms with Gasteiger partial charge in [-0.25, -0.2) is 0 Å². The molecule has 0 saturated carbocycles. The summed E-state index contributed by atoms with van der Waals surface area (Å²) in [6.45, 7) is 3.41. The molecular weight excluding hydrogens is 492 g/mol. The summed E-state index contributed by atoms with van der Waals surface area (Å²) in [5.74, 6) is -2.61. The van der Waals surface area contributed by atoms with Gasteiger partial charge in [0.15, 0.2) is 0 Å². The summed E-state index contributed by atoms with van der Waals surface area (Å²) >= 11 is 0. The van der Waals surface area contributed by atoms with Crippen molar-refractivity contribution in [3.63, 3.8) is 0 Å². The van der Waals surface area contributed by atoms with Gasteiger partial charge in [-0.2, -0.15) is 0 Å². The standard InChI is InChI=1S/C25H22O12/c1-11(26)33-22-23(34-12(2)27)25(37-24(22)35-13(3)28)36-16-6-4-14(5-7-16)17-10-32-19-9-15(29)8-18(30)20(19)21(17)31/h4-10,22-25,29-30H,1-3H3/t22-,23+,24-,25+/m1/s1. The number of ether oxygens (including phenoxy) is 5. The maximum Gasteiger partial charge on any atom is 0.305 e. The molecule has 4 rings (SSSR count). The lowest BCUT2D eigenvalue weighted by Gasteiger charge is -2.22. The number of carbonyl (C=O) groups excluding carboxylic acids is 3. The Hall–Kier alpha value is -4.58. The Morgan fingerprint density at radius 3 is 2.03 bits per heavy atom. The van der Waals surface area contributed by atoms with Gasteiger partial charge in [-0.3, -0.25) is 23.9 Å². The van der Waals surface area contributed by atoms with Gasteiger partial charge >= 0.3 is 17.9 Å². The van der Waals surface area contributed by atoms with E-state index >= 15 is 0 Å². The number of phenolic OH excluding ortho intramolecular Hbond substituents is 2. The van der Waals surface area contributed by atoms with Gasteiger partial charge in [-0.05, 0) is 17.7 Å². The van der Waals surface area contributed by atoms with E-state index < -0.39 is 53.9 Å². The number of esters is 3. The maximum atomic E-state index is 12.9. The molecule has 0 unspecified atom stereocenters. The van der Waals surface area contributed by atoms with E-state index in [9.17, 15) is 29.4 Å². The lowest BCUT2D eigenvalue weighted by atomic mass is 10.0. The Labute approximate surface area is 208 Å². The molecule has 1 fully saturated rings. The number of aromatic hydroxyl groups is 2. The molecule has 0 radical (unpaired) electrons. The minimum Gasteiger partial charge on any atom is -0.508 e. The molecule has 1 aliphatic heterocycles. The second kappa shape index (κ2) is 10.2. The Morgan fingerprint density at radius 1 is 0.838 bits per heavy atom. The first-order valence-corrected chi connectivity index (χ1v) is 10.9. The summed E-state index contributed by atoms with van der Waals surface area (Å²) in [5, 5.41) is 19.6. The van der Waals surface area contributed by atoms with Gasteiger partial charge in [0.1, 0.15) is 34.5 Å². The summed E-state index contributed by atoms with van der Waals surface area (Å²) in [5.41, 5.74) is 0.0652. The van der Waals surface area contributed by atoms with Crippen LogP contribution in [0.4, 0.5) is 0 Å². The number of fused-ring (bicyclic) bond motifs is 1. The molecule has 1 saturated heterocycles. The lowest BCUT2D eigenvalue weighted by Crippen LogP contribution is -2.42. The SMILES string of the molecule is CC(=O)O[C@@H]1O[C@H](Oc2ccc(-c3coc4cc(O)cc(O)c4c3=O)cc2)[C@@H](OC(C)=O)[C@H]1OC(C)=O. The molecular formula is C25H22O12. The van der Waals surface area contributed by atoms with Gasteiger partial charge in [-0.1, -0.05) is 12.1 Å². The number of rotatable bonds is 6. The first-order chi connectivity index (χ1) is 17.5. The van der Waals surface area contributed by atoms with Crippen LogP contribution in [0.5, 0.6) is 17.2 Å². The molecule has 3 aromatic rings. The summed E-state index contributed by atoms with van der Waals surface area (Å²) < 4.78 is 32.2. The molecule has 37 heavy (non-hydrogen) atoms. The Morgan fingerprint density at radius 2 is 1.43 bits per heavy atom. The van der Waals surface area contributed by atoms with Crippen LogP contribution in [0.2, 0.25) is 0 Å². The zero-order valence-electron chi connectivity index (χ0n) is 19.8. The van der Waals surface area contributed by atoms with Crippen LogP contribution in [0.1, 0.15) is 20.8 Å². The highest BCUT2D eigenvalue weighted by Gasteiger charge is 2.52. The normalized spacial score (nSPS) is 20.8. The quantitative estimate of drug-likeness (QED) is 0.364. The molecule has 2 heterocycles. The highest BCUT2D eigenvalue weighted by atomic mass is 16.8. The third-order valence-corrected chi connectivity index (χ3v) is 5.27. The number of hydrogen-bond acceptors (Lipinski definition) is 12. The fourth-order valence-electron chi connectivity index (χ4n) is 3.84. The van der Waals surface area contributed by atoms with Crippen molar-refractivity contribution in [3.05, 3.63) is 52.9 Å². The molecule has 2 N–H and O–H groups in total. The number of carbonyl (C=O) groups is 3. The van der Waals surface area contributed by atoms with Crippen LogP contribution in [0, 0.1) is 0 Å². The topological polar surface area (TPSA) is 168 Å². The van der Waals surface area contributed by atoms with Crippen molar-refractivity contribution >= 4 is 28.9 Å². The second-order valence-electron chi connectivity index (χ2n) is 8.09. The van der Waals surface area contributed by atoms with E-state index in [1.54, 1.807) is 0 Å². The molecule has 0 amide bonds. The molecule has 194 valence electrons. The molecule has 4 atom stereocenters. The first kappa shape index (κ1) is 25.5. The van der Waals surface area contributed by atoms with Crippen molar-refractivity contribution in [1.82, 2.24) is 0 Å². The smallest absolute Gasteiger partial charge is 0.305 e. The third-order valence-electron chi connectivity index (χ3n) is 5.27. The predicted molar refractivity (Wildman–Crippen MR) is 123 cm³/mol. The summed E-state index contributed by atoms with van der Waals surface area (Å²) in [4.78, 5) is 47.7. The van der Waals surface area contributed by atoms with Gasteiger partial charge in [0.2, 0.25) is 30.2 Å². The van der Waals surface area contributed by atoms with Crippen LogP contribution >= 0.6 is 0 Å². The van der Waals surface area contributed by atoms with Crippen molar-refractivity contribution in [2.24, 2.45) is 0 Å². The van der Waals surface area contributed by atoms with Gasteiger partial charge < -0.3 is 33.6 Å². The summed E-state index contributed by atoms with van der Waals surface area (Å²) in [7, 11) is 0. The van der Waals surface area contributed by atoms with Gasteiger partial charge in [0.05, 0.1) is 5.56 Å². The van der Waals surface area contributed by atoms with Crippen molar-refractivity contribution in [1.29, 1.82) is 0 Å². The molecule has 0 bridgehead atoms. The lowest BCUT2D eigenvalue weighted by molar-refractivity contribution is -0.207. The molecule has 12 nitrogen and oxygen atoms in total. The highest BCUT2D eigenvalue weighted by molar-refractivity contribution is 5.88. The van der Waals surface area contributed by atoms with E-state index in [2.05, 4.69) is 0 Å². The monoisotopic (exact) mass is 514 g/mol. The van der Waals surface area contributed by atoms with E-state index in [1.807, 2.05) is 0 Å². The zero-order chi connectivity index (χ0) is 26.9. The summed E-state index contributed by atoms with van der Waals surface area (Å²) in [6.07, 6.45) is -4.02. The highest BCUT2D eigenvalue weighted by Crippen LogP contribution is 2.32. The van der Waals surface area contributed by atoms with Crippen LogP contribution in [0.3, 0.4) is 0 Å².